The highest BCUT2D eigenvalue weighted by Crippen LogP contribution is 2.40. The maximum Gasteiger partial charge on any atom is 0.250 e. The number of anilines is 4. The molecule has 0 fully saturated rings. The van der Waals surface area contributed by atoms with E-state index in [9.17, 15) is 16.8 Å². The van der Waals surface area contributed by atoms with Gasteiger partial charge in [-0.3, -0.25) is 0 Å². The SMILES string of the molecule is Cc1nc(-c2ccccc2)c(Oc2ccnc(Nc3cnn(S(C)(=O)=O)c3)c2)s1.Cc1nc(-c2ccccc2)c(Oc2ccnc(Nc3cnn(S(C)(=O)=O)c3)c2)s1. The van der Waals surface area contributed by atoms with E-state index in [1.165, 1.54) is 47.5 Å². The zero-order valence-electron chi connectivity index (χ0n) is 31.2. The lowest BCUT2D eigenvalue weighted by Gasteiger charge is -2.08. The third kappa shape index (κ3) is 10.1. The van der Waals surface area contributed by atoms with Crippen molar-refractivity contribution in [3.8, 4) is 44.1 Å². The molecule has 58 heavy (non-hydrogen) atoms. The van der Waals surface area contributed by atoms with E-state index >= 15 is 0 Å². The zero-order chi connectivity index (χ0) is 40.9. The molecule has 0 saturated heterocycles. The summed E-state index contributed by atoms with van der Waals surface area (Å²) in [5.41, 5.74) is 4.53. The van der Waals surface area contributed by atoms with Gasteiger partial charge >= 0.3 is 0 Å². The Morgan fingerprint density at radius 3 is 1.34 bits per heavy atom. The van der Waals surface area contributed by atoms with E-state index in [-0.39, 0.29) is 0 Å². The van der Waals surface area contributed by atoms with Gasteiger partial charge in [0.25, 0.3) is 20.0 Å². The van der Waals surface area contributed by atoms with Crippen molar-refractivity contribution in [3.05, 3.63) is 132 Å². The molecule has 0 saturated carbocycles. The van der Waals surface area contributed by atoms with Crippen LogP contribution in [0.4, 0.5) is 23.0 Å². The number of thiazole rings is 2. The molecule has 296 valence electrons. The molecule has 0 bridgehead atoms. The molecular formula is C38H34N10O6S4. The second-order valence-corrected chi connectivity index (χ2v) is 18.4. The highest BCUT2D eigenvalue weighted by atomic mass is 32.2. The van der Waals surface area contributed by atoms with Crippen LogP contribution in [0.3, 0.4) is 0 Å². The van der Waals surface area contributed by atoms with Crippen LogP contribution in [0.25, 0.3) is 22.5 Å². The number of pyridine rings is 2. The summed E-state index contributed by atoms with van der Waals surface area (Å²) in [5.74, 6) is 2.16. The lowest BCUT2D eigenvalue weighted by Crippen LogP contribution is -2.09. The highest BCUT2D eigenvalue weighted by Gasteiger charge is 2.16. The molecule has 0 radical (unpaired) electrons. The summed E-state index contributed by atoms with van der Waals surface area (Å²) < 4.78 is 60.1. The van der Waals surface area contributed by atoms with Crippen molar-refractivity contribution in [2.75, 3.05) is 23.1 Å². The highest BCUT2D eigenvalue weighted by molar-refractivity contribution is 7.89. The molecule has 0 spiro atoms. The molecule has 0 aliphatic heterocycles. The lowest BCUT2D eigenvalue weighted by atomic mass is 10.2. The summed E-state index contributed by atoms with van der Waals surface area (Å²) in [6.45, 7) is 3.87. The molecule has 20 heteroatoms. The van der Waals surface area contributed by atoms with E-state index in [4.69, 9.17) is 9.47 Å². The number of aromatic nitrogens is 8. The molecule has 8 rings (SSSR count). The summed E-state index contributed by atoms with van der Waals surface area (Å²) in [6.07, 6.45) is 11.0. The van der Waals surface area contributed by atoms with Gasteiger partial charge in [-0.2, -0.15) is 18.4 Å². The fraction of sp³-hybridized carbons (Fsp3) is 0.105. The van der Waals surface area contributed by atoms with Crippen molar-refractivity contribution in [2.24, 2.45) is 0 Å². The average Bonchev–Trinajstić information content (AvgIpc) is 4.01. The summed E-state index contributed by atoms with van der Waals surface area (Å²) in [5, 5.41) is 16.9. The summed E-state index contributed by atoms with van der Waals surface area (Å²) in [4.78, 5) is 17.7. The van der Waals surface area contributed by atoms with Gasteiger partial charge in [-0.05, 0) is 26.0 Å². The number of rotatable bonds is 12. The fourth-order valence-electron chi connectivity index (χ4n) is 5.21. The Balaban J connectivity index is 0.000000177. The molecule has 2 aromatic carbocycles. The first-order valence-corrected chi connectivity index (χ1v) is 22.5. The molecule has 16 nitrogen and oxygen atoms in total. The Morgan fingerprint density at radius 2 is 0.983 bits per heavy atom. The van der Waals surface area contributed by atoms with Gasteiger partial charge in [-0.25, -0.2) is 36.8 Å². The maximum absolute atomic E-state index is 11.5. The maximum atomic E-state index is 11.5. The van der Waals surface area contributed by atoms with Gasteiger partial charge in [0.05, 0.1) is 58.7 Å². The quantitative estimate of drug-likeness (QED) is 0.119. The van der Waals surface area contributed by atoms with Crippen molar-refractivity contribution in [1.29, 1.82) is 0 Å². The van der Waals surface area contributed by atoms with Crippen molar-refractivity contribution in [3.63, 3.8) is 0 Å². The van der Waals surface area contributed by atoms with E-state index in [0.717, 1.165) is 53.2 Å². The van der Waals surface area contributed by atoms with Crippen LogP contribution in [0.1, 0.15) is 10.0 Å². The first-order valence-electron chi connectivity index (χ1n) is 17.1. The normalized spacial score (nSPS) is 11.4. The Bertz CT molecular complexity index is 2700. The largest absolute Gasteiger partial charge is 0.444 e. The molecule has 0 aliphatic rings. The van der Waals surface area contributed by atoms with Gasteiger partial charge in [-0.15, -0.1) is 0 Å². The molecular weight excluding hydrogens is 821 g/mol. The molecule has 8 aromatic rings. The van der Waals surface area contributed by atoms with Crippen LogP contribution in [0.5, 0.6) is 21.6 Å². The number of aryl methyl sites for hydroxylation is 2. The number of benzene rings is 2. The van der Waals surface area contributed by atoms with Crippen LogP contribution in [0.2, 0.25) is 0 Å². The second-order valence-electron chi connectivity index (χ2n) is 12.4. The van der Waals surface area contributed by atoms with Crippen LogP contribution < -0.4 is 20.1 Å². The number of hydrogen-bond acceptors (Lipinski definition) is 16. The molecule has 2 N–H and O–H groups in total. The van der Waals surface area contributed by atoms with Crippen molar-refractivity contribution in [2.45, 2.75) is 13.8 Å². The Morgan fingerprint density at radius 1 is 0.586 bits per heavy atom. The van der Waals surface area contributed by atoms with Crippen LogP contribution in [-0.2, 0) is 20.0 Å². The molecule has 6 aromatic heterocycles. The van der Waals surface area contributed by atoms with Gasteiger partial charge in [0, 0.05) is 35.7 Å². The van der Waals surface area contributed by atoms with E-state index < -0.39 is 20.0 Å². The van der Waals surface area contributed by atoms with E-state index in [1.807, 2.05) is 74.5 Å². The van der Waals surface area contributed by atoms with Crippen LogP contribution in [0, 0.1) is 13.8 Å². The summed E-state index contributed by atoms with van der Waals surface area (Å²) >= 11 is 2.93. The smallest absolute Gasteiger partial charge is 0.250 e. The predicted molar refractivity (Wildman–Crippen MR) is 225 cm³/mol. The fourth-order valence-corrected chi connectivity index (χ4v) is 7.86. The Labute approximate surface area is 342 Å². The monoisotopic (exact) mass is 854 g/mol. The van der Waals surface area contributed by atoms with Crippen molar-refractivity contribution in [1.82, 2.24) is 38.3 Å². The Hall–Kier alpha value is -6.48. The van der Waals surface area contributed by atoms with Gasteiger partial charge < -0.3 is 20.1 Å². The first-order chi connectivity index (χ1) is 27.8. The molecule has 6 heterocycles. The minimum atomic E-state index is -3.44. The third-order valence-corrected chi connectivity index (χ3v) is 11.2. The summed E-state index contributed by atoms with van der Waals surface area (Å²) in [6, 6.07) is 26.6. The third-order valence-electron chi connectivity index (χ3n) is 7.73. The second kappa shape index (κ2) is 16.9. The van der Waals surface area contributed by atoms with Crippen LogP contribution in [-0.4, -0.2) is 67.7 Å². The van der Waals surface area contributed by atoms with E-state index in [1.54, 1.807) is 36.7 Å². The number of nitrogens with zero attached hydrogens (tertiary/aromatic N) is 8. The number of hydrogen-bond donors (Lipinski definition) is 2. The summed E-state index contributed by atoms with van der Waals surface area (Å²) in [7, 11) is -6.87. The molecule has 0 amide bonds. The predicted octanol–water partition coefficient (Wildman–Crippen LogP) is 8.11. The van der Waals surface area contributed by atoms with Gasteiger partial charge in [0.15, 0.2) is 0 Å². The van der Waals surface area contributed by atoms with E-state index in [2.05, 4.69) is 40.8 Å². The minimum Gasteiger partial charge on any atom is -0.444 e. The number of ether oxygens (including phenoxy) is 2. The van der Waals surface area contributed by atoms with Crippen molar-refractivity contribution < 1.29 is 26.3 Å². The van der Waals surface area contributed by atoms with E-state index in [0.29, 0.717) is 44.6 Å². The van der Waals surface area contributed by atoms with Gasteiger partial charge in [0.1, 0.15) is 34.5 Å². The number of nitrogens with one attached hydrogen (secondary N) is 2. The van der Waals surface area contributed by atoms with Crippen molar-refractivity contribution >= 4 is 65.7 Å². The zero-order valence-corrected chi connectivity index (χ0v) is 34.5. The average molecular weight is 855 g/mol. The topological polar surface area (TPSA) is 198 Å². The molecule has 0 atom stereocenters. The Kier molecular flexibility index (Phi) is 11.6. The van der Waals surface area contributed by atoms with Crippen LogP contribution in [0.15, 0.2) is 122 Å². The molecule has 0 unspecified atom stereocenters. The minimum absolute atomic E-state index is 0.498. The lowest BCUT2D eigenvalue weighted by molar-refractivity contribution is 0.496. The first kappa shape index (κ1) is 39.7. The van der Waals surface area contributed by atoms with Gasteiger partial charge in [0.2, 0.25) is 10.1 Å². The van der Waals surface area contributed by atoms with Crippen LogP contribution >= 0.6 is 22.7 Å². The van der Waals surface area contributed by atoms with Gasteiger partial charge in [-0.1, -0.05) is 83.3 Å². The molecule has 0 aliphatic carbocycles. The standard InChI is InChI=1S/2C19H17N5O3S2/c2*1-13-22-18(14-6-4-3-5-7-14)19(28-13)27-16-8-9-20-17(10-16)23-15-11-21-24(12-15)29(2,25)26/h2*3-12H,1-2H3,(H,20,23).